The standard InChI is InChI=1S/C19H17N5S/c1-25-16-4-2-3-14(11-16)13-21-19-12-17(15-5-8-20-9-6-15)23-18-7-10-22-24(18)19/h2-12,21H,13H2,1H3. The highest BCUT2D eigenvalue weighted by atomic mass is 32.2. The van der Waals surface area contributed by atoms with Gasteiger partial charge in [-0.2, -0.15) is 9.61 Å². The molecule has 0 aliphatic rings. The van der Waals surface area contributed by atoms with E-state index in [9.17, 15) is 0 Å². The summed E-state index contributed by atoms with van der Waals surface area (Å²) in [6, 6.07) is 16.4. The molecule has 4 rings (SSSR count). The number of hydrogen-bond donors (Lipinski definition) is 1. The van der Waals surface area contributed by atoms with E-state index < -0.39 is 0 Å². The average Bonchev–Trinajstić information content (AvgIpc) is 3.15. The Hall–Kier alpha value is -2.86. The first kappa shape index (κ1) is 15.7. The Morgan fingerprint density at radius 2 is 1.92 bits per heavy atom. The first-order chi connectivity index (χ1) is 12.3. The van der Waals surface area contributed by atoms with Gasteiger partial charge < -0.3 is 5.32 Å². The van der Waals surface area contributed by atoms with Crippen LogP contribution in [0, 0.1) is 0 Å². The fraction of sp³-hybridized carbons (Fsp3) is 0.105. The van der Waals surface area contributed by atoms with Gasteiger partial charge in [0.1, 0.15) is 5.82 Å². The molecule has 0 unspecified atom stereocenters. The van der Waals surface area contributed by atoms with Crippen LogP contribution in [0.1, 0.15) is 5.56 Å². The van der Waals surface area contributed by atoms with Gasteiger partial charge in [0.05, 0.1) is 11.9 Å². The zero-order valence-electron chi connectivity index (χ0n) is 13.8. The molecule has 0 radical (unpaired) electrons. The summed E-state index contributed by atoms with van der Waals surface area (Å²) in [7, 11) is 0. The first-order valence-corrected chi connectivity index (χ1v) is 9.18. The van der Waals surface area contributed by atoms with E-state index in [1.807, 2.05) is 28.8 Å². The number of nitrogens with zero attached hydrogens (tertiary/aromatic N) is 4. The maximum absolute atomic E-state index is 4.68. The molecule has 0 amide bonds. The minimum atomic E-state index is 0.725. The van der Waals surface area contributed by atoms with E-state index >= 15 is 0 Å². The molecule has 3 aromatic heterocycles. The van der Waals surface area contributed by atoms with Crippen molar-refractivity contribution in [3.63, 3.8) is 0 Å². The summed E-state index contributed by atoms with van der Waals surface area (Å²) in [5, 5.41) is 7.86. The lowest BCUT2D eigenvalue weighted by molar-refractivity contribution is 0.926. The Morgan fingerprint density at radius 3 is 2.76 bits per heavy atom. The van der Waals surface area contributed by atoms with Crippen molar-refractivity contribution < 1.29 is 0 Å². The van der Waals surface area contributed by atoms with Crippen molar-refractivity contribution in [1.29, 1.82) is 0 Å². The lowest BCUT2D eigenvalue weighted by atomic mass is 10.2. The molecule has 5 nitrogen and oxygen atoms in total. The van der Waals surface area contributed by atoms with Crippen LogP contribution in [0.2, 0.25) is 0 Å². The van der Waals surface area contributed by atoms with E-state index in [4.69, 9.17) is 0 Å². The quantitative estimate of drug-likeness (QED) is 0.550. The van der Waals surface area contributed by atoms with Crippen molar-refractivity contribution >= 4 is 23.2 Å². The number of rotatable bonds is 5. The van der Waals surface area contributed by atoms with Crippen molar-refractivity contribution in [2.45, 2.75) is 11.4 Å². The van der Waals surface area contributed by atoms with Crippen LogP contribution < -0.4 is 5.32 Å². The normalized spacial score (nSPS) is 10.9. The molecule has 25 heavy (non-hydrogen) atoms. The van der Waals surface area contributed by atoms with E-state index in [0.29, 0.717) is 0 Å². The van der Waals surface area contributed by atoms with Crippen LogP contribution in [-0.4, -0.2) is 25.8 Å². The summed E-state index contributed by atoms with van der Waals surface area (Å²) < 4.78 is 1.82. The molecular formula is C19H17N5S. The monoisotopic (exact) mass is 347 g/mol. The molecule has 0 spiro atoms. The second kappa shape index (κ2) is 6.94. The van der Waals surface area contributed by atoms with Gasteiger partial charge in [-0.05, 0) is 36.1 Å². The number of nitrogens with one attached hydrogen (secondary N) is 1. The number of anilines is 1. The highest BCUT2D eigenvalue weighted by Gasteiger charge is 2.08. The van der Waals surface area contributed by atoms with Crippen molar-refractivity contribution in [2.75, 3.05) is 11.6 Å². The van der Waals surface area contributed by atoms with Gasteiger partial charge in [0, 0.05) is 41.5 Å². The fourth-order valence-corrected chi connectivity index (χ4v) is 3.17. The molecule has 0 saturated heterocycles. The Labute approximate surface area is 150 Å². The Kier molecular flexibility index (Phi) is 4.35. The maximum atomic E-state index is 4.68. The maximum Gasteiger partial charge on any atom is 0.157 e. The molecule has 0 aliphatic heterocycles. The summed E-state index contributed by atoms with van der Waals surface area (Å²) >= 11 is 1.75. The molecule has 0 fully saturated rings. The van der Waals surface area contributed by atoms with Gasteiger partial charge in [0.25, 0.3) is 0 Å². The topological polar surface area (TPSA) is 55.1 Å². The fourth-order valence-electron chi connectivity index (χ4n) is 2.68. The van der Waals surface area contributed by atoms with Gasteiger partial charge in [0.15, 0.2) is 5.65 Å². The Bertz CT molecular complexity index is 997. The van der Waals surface area contributed by atoms with Gasteiger partial charge in [-0.3, -0.25) is 4.98 Å². The smallest absolute Gasteiger partial charge is 0.157 e. The molecule has 124 valence electrons. The van der Waals surface area contributed by atoms with Crippen LogP contribution >= 0.6 is 11.8 Å². The van der Waals surface area contributed by atoms with Gasteiger partial charge in [-0.25, -0.2) is 4.98 Å². The summed E-state index contributed by atoms with van der Waals surface area (Å²) in [6.45, 7) is 0.725. The van der Waals surface area contributed by atoms with E-state index in [1.165, 1.54) is 10.5 Å². The van der Waals surface area contributed by atoms with Crippen molar-refractivity contribution in [3.05, 3.63) is 72.7 Å². The minimum absolute atomic E-state index is 0.725. The molecule has 3 heterocycles. The Balaban J connectivity index is 1.67. The second-order valence-electron chi connectivity index (χ2n) is 5.57. The third kappa shape index (κ3) is 3.34. The molecule has 0 saturated carbocycles. The predicted octanol–water partition coefficient (Wildman–Crippen LogP) is 4.13. The van der Waals surface area contributed by atoms with E-state index in [-0.39, 0.29) is 0 Å². The molecule has 0 aliphatic carbocycles. The van der Waals surface area contributed by atoms with Crippen molar-refractivity contribution in [3.8, 4) is 11.3 Å². The number of hydrogen-bond acceptors (Lipinski definition) is 5. The van der Waals surface area contributed by atoms with Gasteiger partial charge >= 0.3 is 0 Å². The second-order valence-corrected chi connectivity index (χ2v) is 6.45. The highest BCUT2D eigenvalue weighted by Crippen LogP contribution is 2.22. The summed E-state index contributed by atoms with van der Waals surface area (Å²) in [4.78, 5) is 10.0. The first-order valence-electron chi connectivity index (χ1n) is 7.95. The summed E-state index contributed by atoms with van der Waals surface area (Å²) in [6.07, 6.45) is 7.40. The van der Waals surface area contributed by atoms with E-state index in [2.05, 4.69) is 50.9 Å². The van der Waals surface area contributed by atoms with Crippen LogP contribution in [0.5, 0.6) is 0 Å². The van der Waals surface area contributed by atoms with E-state index in [1.54, 1.807) is 30.4 Å². The molecule has 1 N–H and O–H groups in total. The molecule has 0 atom stereocenters. The van der Waals surface area contributed by atoms with Crippen LogP contribution in [0.3, 0.4) is 0 Å². The predicted molar refractivity (Wildman–Crippen MR) is 102 cm³/mol. The number of fused-ring (bicyclic) bond motifs is 1. The third-order valence-electron chi connectivity index (χ3n) is 3.94. The average molecular weight is 347 g/mol. The zero-order chi connectivity index (χ0) is 17.1. The van der Waals surface area contributed by atoms with Crippen molar-refractivity contribution in [2.24, 2.45) is 0 Å². The Morgan fingerprint density at radius 1 is 1.04 bits per heavy atom. The van der Waals surface area contributed by atoms with Crippen LogP contribution in [-0.2, 0) is 6.54 Å². The van der Waals surface area contributed by atoms with Crippen LogP contribution in [0.15, 0.2) is 72.0 Å². The largest absolute Gasteiger partial charge is 0.366 e. The highest BCUT2D eigenvalue weighted by molar-refractivity contribution is 7.98. The molecule has 6 heteroatoms. The molecule has 1 aromatic carbocycles. The minimum Gasteiger partial charge on any atom is -0.366 e. The van der Waals surface area contributed by atoms with Crippen LogP contribution in [0.25, 0.3) is 16.9 Å². The van der Waals surface area contributed by atoms with Crippen LogP contribution in [0.4, 0.5) is 5.82 Å². The molecule has 4 aromatic rings. The van der Waals surface area contributed by atoms with Gasteiger partial charge in [0.2, 0.25) is 0 Å². The molecule has 0 bridgehead atoms. The lowest BCUT2D eigenvalue weighted by Crippen LogP contribution is -2.06. The number of aromatic nitrogens is 4. The lowest BCUT2D eigenvalue weighted by Gasteiger charge is -2.11. The van der Waals surface area contributed by atoms with E-state index in [0.717, 1.165) is 29.3 Å². The summed E-state index contributed by atoms with van der Waals surface area (Å²) in [5.74, 6) is 0.913. The van der Waals surface area contributed by atoms with Crippen molar-refractivity contribution in [1.82, 2.24) is 19.6 Å². The molecular weight excluding hydrogens is 330 g/mol. The SMILES string of the molecule is CSc1cccc(CNc2cc(-c3ccncc3)nc3ccnn23)c1. The van der Waals surface area contributed by atoms with Gasteiger partial charge in [-0.1, -0.05) is 12.1 Å². The number of thioether (sulfide) groups is 1. The zero-order valence-corrected chi connectivity index (χ0v) is 14.6. The summed E-state index contributed by atoms with van der Waals surface area (Å²) in [5.41, 5.74) is 3.98. The number of pyridine rings is 1. The van der Waals surface area contributed by atoms with Gasteiger partial charge in [-0.15, -0.1) is 11.8 Å². The number of benzene rings is 1. The third-order valence-corrected chi connectivity index (χ3v) is 4.67.